The summed E-state index contributed by atoms with van der Waals surface area (Å²) in [5.41, 5.74) is 0.318. The normalized spacial score (nSPS) is 12.7. The second kappa shape index (κ2) is 7.16. The molecule has 0 aliphatic carbocycles. The van der Waals surface area contributed by atoms with Crippen molar-refractivity contribution in [2.75, 3.05) is 13.7 Å². The van der Waals surface area contributed by atoms with Crippen molar-refractivity contribution in [2.45, 2.75) is 26.4 Å². The minimum atomic E-state index is -0.598. The number of nitro groups is 1. The Morgan fingerprint density at radius 1 is 1.42 bits per heavy atom. The average molecular weight is 270 g/mol. The van der Waals surface area contributed by atoms with E-state index in [4.69, 9.17) is 4.74 Å². The van der Waals surface area contributed by atoms with E-state index in [1.165, 1.54) is 12.1 Å². The lowest BCUT2D eigenvalue weighted by Gasteiger charge is -2.21. The predicted molar refractivity (Wildman–Crippen MR) is 70.4 cm³/mol. The molecular weight excluding hydrogens is 251 g/mol. The molecular formula is C13H19FN2O3. The first-order chi connectivity index (χ1) is 8.93. The van der Waals surface area contributed by atoms with E-state index in [-0.39, 0.29) is 11.7 Å². The topological polar surface area (TPSA) is 64.4 Å². The van der Waals surface area contributed by atoms with E-state index in [2.05, 4.69) is 5.32 Å². The van der Waals surface area contributed by atoms with Crippen LogP contribution in [-0.2, 0) is 11.3 Å². The van der Waals surface area contributed by atoms with Crippen molar-refractivity contribution in [3.05, 3.63) is 39.7 Å². The lowest BCUT2D eigenvalue weighted by Crippen LogP contribution is -2.37. The van der Waals surface area contributed by atoms with Crippen LogP contribution in [-0.4, -0.2) is 24.7 Å². The first-order valence-corrected chi connectivity index (χ1v) is 6.10. The van der Waals surface area contributed by atoms with Crippen LogP contribution in [0.15, 0.2) is 18.2 Å². The fourth-order valence-corrected chi connectivity index (χ4v) is 1.76. The number of ether oxygens (including phenoxy) is 1. The Kier molecular flexibility index (Phi) is 5.85. The van der Waals surface area contributed by atoms with Gasteiger partial charge in [0.15, 0.2) is 0 Å². The van der Waals surface area contributed by atoms with Crippen LogP contribution in [0.5, 0.6) is 0 Å². The number of non-ortho nitro benzene ring substituents is 1. The van der Waals surface area contributed by atoms with Gasteiger partial charge in [0.25, 0.3) is 5.69 Å². The summed E-state index contributed by atoms with van der Waals surface area (Å²) in [5.74, 6) is -0.248. The van der Waals surface area contributed by atoms with Gasteiger partial charge in [-0.2, -0.15) is 0 Å². The Morgan fingerprint density at radius 2 is 2.11 bits per heavy atom. The molecule has 0 spiro atoms. The zero-order valence-electron chi connectivity index (χ0n) is 11.4. The number of nitrogens with zero attached hydrogens (tertiary/aromatic N) is 1. The van der Waals surface area contributed by atoms with Gasteiger partial charge in [0.05, 0.1) is 17.6 Å². The van der Waals surface area contributed by atoms with Crippen molar-refractivity contribution in [3.63, 3.8) is 0 Å². The SMILES string of the molecule is COCC(NCc1cc(F)cc([N+](=O)[O-])c1)C(C)C. The molecule has 1 aromatic carbocycles. The van der Waals surface area contributed by atoms with Crippen LogP contribution in [0.1, 0.15) is 19.4 Å². The fourth-order valence-electron chi connectivity index (χ4n) is 1.76. The van der Waals surface area contributed by atoms with E-state index >= 15 is 0 Å². The summed E-state index contributed by atoms with van der Waals surface area (Å²) in [5, 5.41) is 13.9. The minimum absolute atomic E-state index is 0.118. The van der Waals surface area contributed by atoms with Gasteiger partial charge >= 0.3 is 0 Å². The quantitative estimate of drug-likeness (QED) is 0.610. The molecule has 0 fully saturated rings. The molecule has 6 heteroatoms. The number of benzene rings is 1. The highest BCUT2D eigenvalue weighted by molar-refractivity contribution is 5.35. The highest BCUT2D eigenvalue weighted by Gasteiger charge is 2.14. The van der Waals surface area contributed by atoms with Gasteiger partial charge in [-0.1, -0.05) is 13.8 Å². The van der Waals surface area contributed by atoms with Crippen LogP contribution >= 0.6 is 0 Å². The molecule has 1 N–H and O–H groups in total. The van der Waals surface area contributed by atoms with Crippen LogP contribution in [0.3, 0.4) is 0 Å². The molecule has 0 saturated heterocycles. The molecule has 0 amide bonds. The van der Waals surface area contributed by atoms with Gasteiger partial charge in [0, 0.05) is 25.8 Å². The molecule has 1 aromatic rings. The van der Waals surface area contributed by atoms with Crippen LogP contribution in [0.25, 0.3) is 0 Å². The molecule has 0 saturated carbocycles. The van der Waals surface area contributed by atoms with Crippen molar-refractivity contribution in [1.29, 1.82) is 0 Å². The van der Waals surface area contributed by atoms with E-state index in [1.54, 1.807) is 7.11 Å². The molecule has 0 aliphatic rings. The van der Waals surface area contributed by atoms with Crippen LogP contribution in [0.4, 0.5) is 10.1 Å². The van der Waals surface area contributed by atoms with Crippen molar-refractivity contribution in [2.24, 2.45) is 5.92 Å². The summed E-state index contributed by atoms with van der Waals surface area (Å²) in [4.78, 5) is 10.1. The Bertz CT molecular complexity index is 438. The number of hydrogen-bond acceptors (Lipinski definition) is 4. The molecule has 1 atom stereocenters. The van der Waals surface area contributed by atoms with Gasteiger partial charge in [0.1, 0.15) is 5.82 Å². The molecule has 5 nitrogen and oxygen atoms in total. The third-order valence-corrected chi connectivity index (χ3v) is 2.87. The van der Waals surface area contributed by atoms with Gasteiger partial charge in [-0.15, -0.1) is 0 Å². The van der Waals surface area contributed by atoms with Crippen LogP contribution in [0.2, 0.25) is 0 Å². The van der Waals surface area contributed by atoms with Gasteiger partial charge in [-0.25, -0.2) is 4.39 Å². The van der Waals surface area contributed by atoms with Crippen molar-refractivity contribution in [3.8, 4) is 0 Å². The highest BCUT2D eigenvalue weighted by Crippen LogP contribution is 2.16. The molecule has 106 valence electrons. The van der Waals surface area contributed by atoms with E-state index in [1.807, 2.05) is 13.8 Å². The molecule has 0 radical (unpaired) electrons. The van der Waals surface area contributed by atoms with E-state index in [0.29, 0.717) is 24.6 Å². The number of hydrogen-bond donors (Lipinski definition) is 1. The summed E-state index contributed by atoms with van der Waals surface area (Å²) in [7, 11) is 1.62. The largest absolute Gasteiger partial charge is 0.383 e. The average Bonchev–Trinajstić information content (AvgIpc) is 2.33. The predicted octanol–water partition coefficient (Wildman–Crippen LogP) is 2.49. The molecule has 0 heterocycles. The van der Waals surface area contributed by atoms with Crippen molar-refractivity contribution < 1.29 is 14.1 Å². The molecule has 19 heavy (non-hydrogen) atoms. The Balaban J connectivity index is 2.73. The van der Waals surface area contributed by atoms with Crippen molar-refractivity contribution in [1.82, 2.24) is 5.32 Å². The van der Waals surface area contributed by atoms with E-state index < -0.39 is 10.7 Å². The molecule has 0 aliphatic heterocycles. The summed E-state index contributed by atoms with van der Waals surface area (Å²) >= 11 is 0. The first kappa shape index (κ1) is 15.5. The summed E-state index contributed by atoms with van der Waals surface area (Å²) < 4.78 is 18.4. The zero-order valence-corrected chi connectivity index (χ0v) is 11.4. The number of methoxy groups -OCH3 is 1. The van der Waals surface area contributed by atoms with Gasteiger partial charge in [0.2, 0.25) is 0 Å². The fraction of sp³-hybridized carbons (Fsp3) is 0.538. The van der Waals surface area contributed by atoms with Gasteiger partial charge in [-0.05, 0) is 17.5 Å². The molecule has 1 rings (SSSR count). The van der Waals surface area contributed by atoms with Crippen LogP contribution < -0.4 is 5.32 Å². The number of nitrogens with one attached hydrogen (secondary N) is 1. The number of nitro benzene ring substituents is 1. The summed E-state index contributed by atoms with van der Waals surface area (Å²) in [6, 6.07) is 3.70. The lowest BCUT2D eigenvalue weighted by atomic mass is 10.0. The van der Waals surface area contributed by atoms with Crippen LogP contribution in [0, 0.1) is 21.8 Å². The lowest BCUT2D eigenvalue weighted by molar-refractivity contribution is -0.385. The number of halogens is 1. The summed E-state index contributed by atoms with van der Waals surface area (Å²) in [6.45, 7) is 5.00. The Labute approximate surface area is 111 Å². The molecule has 0 aromatic heterocycles. The van der Waals surface area contributed by atoms with Crippen molar-refractivity contribution >= 4 is 5.69 Å². The smallest absolute Gasteiger partial charge is 0.272 e. The highest BCUT2D eigenvalue weighted by atomic mass is 19.1. The molecule has 0 bridgehead atoms. The monoisotopic (exact) mass is 270 g/mol. The maximum absolute atomic E-state index is 13.3. The minimum Gasteiger partial charge on any atom is -0.383 e. The Hall–Kier alpha value is -1.53. The van der Waals surface area contributed by atoms with Gasteiger partial charge in [-0.3, -0.25) is 10.1 Å². The van der Waals surface area contributed by atoms with E-state index in [9.17, 15) is 14.5 Å². The molecule has 1 unspecified atom stereocenters. The van der Waals surface area contributed by atoms with E-state index in [0.717, 1.165) is 6.07 Å². The first-order valence-electron chi connectivity index (χ1n) is 6.10. The second-order valence-electron chi connectivity index (χ2n) is 4.76. The van der Waals surface area contributed by atoms with Gasteiger partial charge < -0.3 is 10.1 Å². The maximum atomic E-state index is 13.3. The summed E-state index contributed by atoms with van der Waals surface area (Å²) in [6.07, 6.45) is 0. The third-order valence-electron chi connectivity index (χ3n) is 2.87. The maximum Gasteiger partial charge on any atom is 0.272 e. The second-order valence-corrected chi connectivity index (χ2v) is 4.76. The third kappa shape index (κ3) is 4.92. The zero-order chi connectivity index (χ0) is 14.4. The Morgan fingerprint density at radius 3 is 2.63 bits per heavy atom. The number of rotatable bonds is 7. The standard InChI is InChI=1S/C13H19FN2O3/c1-9(2)13(8-19-3)15-7-10-4-11(14)6-12(5-10)16(17)18/h4-6,9,13,15H,7-8H2,1-3H3.